The van der Waals surface area contributed by atoms with Crippen molar-refractivity contribution in [3.63, 3.8) is 0 Å². The average Bonchev–Trinajstić information content (AvgIpc) is 3.23. The van der Waals surface area contributed by atoms with Gasteiger partial charge in [0.05, 0.1) is 23.2 Å². The number of carbonyl (C=O) groups is 1. The number of thioether (sulfide) groups is 2. The number of hydrogen-bond acceptors (Lipinski definition) is 5. The molecule has 1 aliphatic rings. The average molecular weight is 391 g/mol. The molecule has 138 valence electrons. The Hall–Kier alpha value is -1.93. The molecule has 3 rings (SSSR count). The van der Waals surface area contributed by atoms with Crippen molar-refractivity contribution < 1.29 is 4.79 Å². The number of nitrogens with one attached hydrogen (secondary N) is 1. The quantitative estimate of drug-likeness (QED) is 0.852. The number of anilines is 1. The number of hydrogen-bond donors (Lipinski definition) is 1. The number of carbonyl (C=O) groups excluding carboxylic acids is 1. The number of amides is 1. The van der Waals surface area contributed by atoms with Gasteiger partial charge in [-0.1, -0.05) is 48.6 Å². The molecule has 0 fully saturated rings. The van der Waals surface area contributed by atoms with Gasteiger partial charge in [-0.3, -0.25) is 19.3 Å². The first-order chi connectivity index (χ1) is 12.5. The highest BCUT2D eigenvalue weighted by Gasteiger charge is 2.25. The largest absolute Gasteiger partial charge is 0.319 e. The van der Waals surface area contributed by atoms with Crippen LogP contribution in [0, 0.1) is 6.92 Å². The summed E-state index contributed by atoms with van der Waals surface area (Å²) >= 11 is 3.17. The lowest BCUT2D eigenvalue weighted by Gasteiger charge is -2.13. The first-order valence-corrected chi connectivity index (χ1v) is 10.4. The normalized spacial score (nSPS) is 15.0. The van der Waals surface area contributed by atoms with Gasteiger partial charge in [0.15, 0.2) is 0 Å². The van der Waals surface area contributed by atoms with E-state index < -0.39 is 0 Å². The summed E-state index contributed by atoms with van der Waals surface area (Å²) in [6.07, 6.45) is 0.675. The molecule has 1 unspecified atom stereocenters. The predicted octanol–water partition coefficient (Wildman–Crippen LogP) is 3.04. The molecule has 6 nitrogen and oxygen atoms in total. The van der Waals surface area contributed by atoms with Crippen molar-refractivity contribution in [3.8, 4) is 5.69 Å². The zero-order chi connectivity index (χ0) is 18.7. The first-order valence-electron chi connectivity index (χ1n) is 8.51. The molecular formula is C18H22N4O2S2. The van der Waals surface area contributed by atoms with Crippen LogP contribution in [0.4, 0.5) is 5.69 Å². The van der Waals surface area contributed by atoms with E-state index in [1.165, 1.54) is 11.8 Å². The highest BCUT2D eigenvalue weighted by molar-refractivity contribution is 8.39. The van der Waals surface area contributed by atoms with Gasteiger partial charge in [-0.25, -0.2) is 4.68 Å². The predicted molar refractivity (Wildman–Crippen MR) is 111 cm³/mol. The molecule has 1 N–H and O–H groups in total. The van der Waals surface area contributed by atoms with E-state index in [9.17, 15) is 9.59 Å². The number of aromatic nitrogens is 2. The molecule has 0 radical (unpaired) electrons. The van der Waals surface area contributed by atoms with Gasteiger partial charge < -0.3 is 5.32 Å². The molecule has 2 heterocycles. The zero-order valence-electron chi connectivity index (χ0n) is 15.1. The van der Waals surface area contributed by atoms with Gasteiger partial charge in [0.1, 0.15) is 10.1 Å². The van der Waals surface area contributed by atoms with Crippen molar-refractivity contribution in [2.24, 2.45) is 12.0 Å². The molecule has 2 aromatic rings. The van der Waals surface area contributed by atoms with Crippen molar-refractivity contribution in [2.75, 3.05) is 17.6 Å². The van der Waals surface area contributed by atoms with Crippen LogP contribution in [0.1, 0.15) is 19.0 Å². The van der Waals surface area contributed by atoms with Crippen LogP contribution in [-0.2, 0) is 11.8 Å². The van der Waals surface area contributed by atoms with Gasteiger partial charge in [-0.15, -0.1) is 0 Å². The molecular weight excluding hydrogens is 368 g/mol. The fourth-order valence-electron chi connectivity index (χ4n) is 2.75. The standard InChI is InChI=1S/C18H22N4O2S2/c1-4-14(26-18-19-10-11-25-18)16(23)20-15-12(2)21(3)22(17(15)24)13-8-6-5-7-9-13/h5-9,14H,4,10-11H2,1-3H3,(H,20,23). The molecule has 1 amide bonds. The molecule has 0 aliphatic carbocycles. The number of para-hydroxylation sites is 1. The molecule has 0 saturated heterocycles. The maximum absolute atomic E-state index is 12.9. The van der Waals surface area contributed by atoms with Crippen LogP contribution in [-0.4, -0.2) is 37.2 Å². The second-order valence-electron chi connectivity index (χ2n) is 5.94. The maximum Gasteiger partial charge on any atom is 0.295 e. The molecule has 8 heteroatoms. The fraction of sp³-hybridized carbons (Fsp3) is 0.389. The third-order valence-electron chi connectivity index (χ3n) is 4.27. The van der Waals surface area contributed by atoms with Crippen LogP contribution < -0.4 is 10.9 Å². The summed E-state index contributed by atoms with van der Waals surface area (Å²) in [4.78, 5) is 30.0. The van der Waals surface area contributed by atoms with Crippen LogP contribution in [0.5, 0.6) is 0 Å². The lowest BCUT2D eigenvalue weighted by atomic mass is 10.3. The summed E-state index contributed by atoms with van der Waals surface area (Å²) in [5.74, 6) is 0.818. The van der Waals surface area contributed by atoms with E-state index in [2.05, 4.69) is 10.3 Å². The van der Waals surface area contributed by atoms with E-state index in [-0.39, 0.29) is 16.7 Å². The molecule has 0 saturated carbocycles. The van der Waals surface area contributed by atoms with E-state index in [0.717, 1.165) is 28.1 Å². The summed E-state index contributed by atoms with van der Waals surface area (Å²) in [7, 11) is 1.81. The molecule has 1 aliphatic heterocycles. The van der Waals surface area contributed by atoms with Gasteiger partial charge in [0.2, 0.25) is 5.91 Å². The van der Waals surface area contributed by atoms with Gasteiger partial charge in [-0.2, -0.15) is 0 Å². The van der Waals surface area contributed by atoms with Crippen LogP contribution >= 0.6 is 23.5 Å². The Bertz CT molecular complexity index is 887. The first kappa shape index (κ1) is 18.8. The zero-order valence-corrected chi connectivity index (χ0v) is 16.7. The summed E-state index contributed by atoms with van der Waals surface area (Å²) in [5, 5.41) is 2.60. The van der Waals surface area contributed by atoms with E-state index in [4.69, 9.17) is 0 Å². The van der Waals surface area contributed by atoms with Crippen LogP contribution in [0.15, 0.2) is 40.1 Å². The van der Waals surface area contributed by atoms with Crippen LogP contribution in [0.25, 0.3) is 5.69 Å². The second-order valence-corrected chi connectivity index (χ2v) is 8.47. The van der Waals surface area contributed by atoms with Crippen LogP contribution in [0.2, 0.25) is 0 Å². The van der Waals surface area contributed by atoms with Gasteiger partial charge in [0, 0.05) is 12.8 Å². The van der Waals surface area contributed by atoms with E-state index in [1.807, 2.05) is 51.2 Å². The minimum atomic E-state index is -0.261. The number of aliphatic imine (C=N–C) groups is 1. The summed E-state index contributed by atoms with van der Waals surface area (Å²) in [6, 6.07) is 9.40. The van der Waals surface area contributed by atoms with Crippen molar-refractivity contribution >= 4 is 39.5 Å². The Morgan fingerprint density at radius 3 is 2.73 bits per heavy atom. The van der Waals surface area contributed by atoms with E-state index in [0.29, 0.717) is 12.1 Å². The third-order valence-corrected chi connectivity index (χ3v) is 6.83. The molecule has 0 spiro atoms. The van der Waals surface area contributed by atoms with Crippen molar-refractivity contribution in [3.05, 3.63) is 46.4 Å². The monoisotopic (exact) mass is 390 g/mol. The Morgan fingerprint density at radius 1 is 1.38 bits per heavy atom. The van der Waals surface area contributed by atoms with Crippen molar-refractivity contribution in [1.29, 1.82) is 0 Å². The minimum absolute atomic E-state index is 0.154. The highest BCUT2D eigenvalue weighted by Crippen LogP contribution is 2.28. The molecule has 0 bridgehead atoms. The molecule has 1 aromatic carbocycles. The number of nitrogens with zero attached hydrogens (tertiary/aromatic N) is 3. The number of rotatable bonds is 5. The Labute approximate surface area is 161 Å². The second kappa shape index (κ2) is 8.18. The lowest BCUT2D eigenvalue weighted by molar-refractivity contribution is -0.115. The maximum atomic E-state index is 12.9. The highest BCUT2D eigenvalue weighted by atomic mass is 32.2. The topological polar surface area (TPSA) is 68.4 Å². The van der Waals surface area contributed by atoms with Crippen molar-refractivity contribution in [1.82, 2.24) is 9.36 Å². The van der Waals surface area contributed by atoms with Gasteiger partial charge in [-0.05, 0) is 25.5 Å². The Balaban J connectivity index is 1.85. The Kier molecular flexibility index (Phi) is 5.93. The SMILES string of the molecule is CCC(SC1=NCCS1)C(=O)Nc1c(C)n(C)n(-c2ccccc2)c1=O. The smallest absolute Gasteiger partial charge is 0.295 e. The molecule has 1 aromatic heterocycles. The summed E-state index contributed by atoms with van der Waals surface area (Å²) in [6.45, 7) is 4.61. The summed E-state index contributed by atoms with van der Waals surface area (Å²) < 4.78 is 4.28. The Morgan fingerprint density at radius 2 is 2.12 bits per heavy atom. The van der Waals surface area contributed by atoms with Crippen LogP contribution in [0.3, 0.4) is 0 Å². The molecule has 26 heavy (non-hydrogen) atoms. The lowest BCUT2D eigenvalue weighted by Crippen LogP contribution is -2.29. The third kappa shape index (κ3) is 3.76. The van der Waals surface area contributed by atoms with Crippen molar-refractivity contribution in [2.45, 2.75) is 25.5 Å². The summed E-state index contributed by atoms with van der Waals surface area (Å²) in [5.41, 5.74) is 1.60. The van der Waals surface area contributed by atoms with Gasteiger partial charge in [0.25, 0.3) is 5.56 Å². The fourth-order valence-corrected chi connectivity index (χ4v) is 4.90. The number of benzene rings is 1. The molecule has 1 atom stereocenters. The minimum Gasteiger partial charge on any atom is -0.319 e. The van der Waals surface area contributed by atoms with Gasteiger partial charge >= 0.3 is 0 Å². The van der Waals surface area contributed by atoms with E-state index >= 15 is 0 Å². The van der Waals surface area contributed by atoms with E-state index in [1.54, 1.807) is 21.1 Å².